The number of para-hydroxylation sites is 1. The Morgan fingerprint density at radius 2 is 1.97 bits per heavy atom. The molecule has 0 spiro atoms. The summed E-state index contributed by atoms with van der Waals surface area (Å²) in [6, 6.07) is 7.97. The molecule has 0 radical (unpaired) electrons. The Morgan fingerprint density at radius 3 is 2.66 bits per heavy atom. The molecular formula is C21H26N6O2. The maximum absolute atomic E-state index is 12.6. The Bertz CT molecular complexity index is 938. The summed E-state index contributed by atoms with van der Waals surface area (Å²) in [4.78, 5) is 25.3. The summed E-state index contributed by atoms with van der Waals surface area (Å²) >= 11 is 0. The number of nitrogens with zero attached hydrogens (tertiary/aromatic N) is 5. The van der Waals surface area contributed by atoms with Crippen molar-refractivity contribution in [3.63, 3.8) is 0 Å². The van der Waals surface area contributed by atoms with E-state index >= 15 is 0 Å². The molecule has 8 heteroatoms. The molecular weight excluding hydrogens is 368 g/mol. The van der Waals surface area contributed by atoms with E-state index in [0.29, 0.717) is 26.2 Å². The second-order valence-electron chi connectivity index (χ2n) is 7.27. The third kappa shape index (κ3) is 4.48. The normalized spacial score (nSPS) is 14.9. The topological polar surface area (TPSA) is 79.4 Å². The molecule has 1 N–H and O–H groups in total. The summed E-state index contributed by atoms with van der Waals surface area (Å²) in [5.41, 5.74) is 3.01. The van der Waals surface area contributed by atoms with E-state index < -0.39 is 0 Å². The maximum atomic E-state index is 12.6. The molecule has 29 heavy (non-hydrogen) atoms. The summed E-state index contributed by atoms with van der Waals surface area (Å²) in [6.45, 7) is 8.03. The van der Waals surface area contributed by atoms with Gasteiger partial charge in [-0.25, -0.2) is 14.8 Å². The Kier molecular flexibility index (Phi) is 5.62. The van der Waals surface area contributed by atoms with Crippen LogP contribution in [0.3, 0.4) is 0 Å². The number of hydrogen-bond acceptors (Lipinski definition) is 5. The molecule has 1 aliphatic rings. The predicted molar refractivity (Wildman–Crippen MR) is 109 cm³/mol. The standard InChI is InChI=1S/C21H26N6O2/c1-16-17(2)29-20(24-16)14-25-9-11-26(12-10-25)21(28)23-13-18-5-3-4-6-19(18)27-8-7-22-15-27/h3-8,15H,9-14H2,1-2H3,(H,23,28). The van der Waals surface area contributed by atoms with Crippen LogP contribution in [0.1, 0.15) is 22.9 Å². The van der Waals surface area contributed by atoms with Crippen molar-refractivity contribution in [2.24, 2.45) is 0 Å². The second kappa shape index (κ2) is 8.48. The highest BCUT2D eigenvalue weighted by molar-refractivity contribution is 5.74. The molecule has 3 aromatic rings. The van der Waals surface area contributed by atoms with Crippen LogP contribution in [0, 0.1) is 13.8 Å². The molecule has 0 unspecified atom stereocenters. The van der Waals surface area contributed by atoms with Crippen LogP contribution in [-0.2, 0) is 13.1 Å². The number of rotatable bonds is 5. The quantitative estimate of drug-likeness (QED) is 0.719. The van der Waals surface area contributed by atoms with E-state index in [9.17, 15) is 4.79 Å². The number of aryl methyl sites for hydroxylation is 2. The fourth-order valence-corrected chi connectivity index (χ4v) is 3.50. The van der Waals surface area contributed by atoms with E-state index in [-0.39, 0.29) is 6.03 Å². The fraction of sp³-hybridized carbons (Fsp3) is 0.381. The van der Waals surface area contributed by atoms with Gasteiger partial charge in [-0.15, -0.1) is 0 Å². The highest BCUT2D eigenvalue weighted by Crippen LogP contribution is 2.15. The van der Waals surface area contributed by atoms with Gasteiger partial charge in [-0.3, -0.25) is 4.90 Å². The molecule has 2 amide bonds. The van der Waals surface area contributed by atoms with E-state index in [1.54, 1.807) is 12.5 Å². The van der Waals surface area contributed by atoms with Crippen LogP contribution in [0.25, 0.3) is 5.69 Å². The van der Waals surface area contributed by atoms with Crippen molar-refractivity contribution in [1.29, 1.82) is 0 Å². The lowest BCUT2D eigenvalue weighted by atomic mass is 10.1. The molecule has 0 bridgehead atoms. The summed E-state index contributed by atoms with van der Waals surface area (Å²) in [5, 5.41) is 3.05. The van der Waals surface area contributed by atoms with E-state index in [4.69, 9.17) is 4.42 Å². The molecule has 0 saturated carbocycles. The van der Waals surface area contributed by atoms with Crippen LogP contribution >= 0.6 is 0 Å². The van der Waals surface area contributed by atoms with Crippen LogP contribution < -0.4 is 5.32 Å². The van der Waals surface area contributed by atoms with Crippen molar-refractivity contribution in [1.82, 2.24) is 29.7 Å². The van der Waals surface area contributed by atoms with Crippen LogP contribution in [-0.4, -0.2) is 56.5 Å². The number of oxazole rings is 1. The number of benzene rings is 1. The van der Waals surface area contributed by atoms with Crippen LogP contribution in [0.15, 0.2) is 47.4 Å². The van der Waals surface area contributed by atoms with E-state index in [1.807, 2.05) is 53.8 Å². The van der Waals surface area contributed by atoms with E-state index in [2.05, 4.69) is 20.2 Å². The van der Waals surface area contributed by atoms with Gasteiger partial charge < -0.3 is 19.2 Å². The molecule has 1 fully saturated rings. The van der Waals surface area contributed by atoms with Gasteiger partial charge in [0.1, 0.15) is 5.76 Å². The first kappa shape index (κ1) is 19.2. The number of nitrogens with one attached hydrogen (secondary N) is 1. The van der Waals surface area contributed by atoms with E-state index in [0.717, 1.165) is 41.7 Å². The molecule has 1 saturated heterocycles. The van der Waals surface area contributed by atoms with Gasteiger partial charge in [-0.1, -0.05) is 18.2 Å². The first-order valence-corrected chi connectivity index (χ1v) is 9.84. The van der Waals surface area contributed by atoms with Gasteiger partial charge in [0.05, 0.1) is 24.3 Å². The van der Waals surface area contributed by atoms with Gasteiger partial charge in [-0.2, -0.15) is 0 Å². The lowest BCUT2D eigenvalue weighted by Gasteiger charge is -2.34. The van der Waals surface area contributed by atoms with E-state index in [1.165, 1.54) is 0 Å². The Labute approximate surface area is 170 Å². The predicted octanol–water partition coefficient (Wildman–Crippen LogP) is 2.50. The fourth-order valence-electron chi connectivity index (χ4n) is 3.50. The summed E-state index contributed by atoms with van der Waals surface area (Å²) in [5.74, 6) is 1.61. The summed E-state index contributed by atoms with van der Waals surface area (Å²) in [6.07, 6.45) is 5.41. The highest BCUT2D eigenvalue weighted by Gasteiger charge is 2.22. The average Bonchev–Trinajstić information content (AvgIpc) is 3.37. The van der Waals surface area contributed by atoms with Gasteiger partial charge in [0, 0.05) is 45.1 Å². The molecule has 1 aromatic carbocycles. The lowest BCUT2D eigenvalue weighted by molar-refractivity contribution is 0.128. The number of piperazine rings is 1. The van der Waals surface area contributed by atoms with Crippen LogP contribution in [0.5, 0.6) is 0 Å². The minimum absolute atomic E-state index is 0.0344. The van der Waals surface area contributed by atoms with Crippen molar-refractivity contribution in [3.05, 3.63) is 65.9 Å². The molecule has 8 nitrogen and oxygen atoms in total. The van der Waals surface area contributed by atoms with Crippen molar-refractivity contribution in [3.8, 4) is 5.69 Å². The highest BCUT2D eigenvalue weighted by atomic mass is 16.4. The second-order valence-corrected chi connectivity index (χ2v) is 7.27. The monoisotopic (exact) mass is 394 g/mol. The number of urea groups is 1. The molecule has 3 heterocycles. The zero-order chi connectivity index (χ0) is 20.2. The third-order valence-electron chi connectivity index (χ3n) is 5.30. The van der Waals surface area contributed by atoms with Crippen molar-refractivity contribution in [2.45, 2.75) is 26.9 Å². The van der Waals surface area contributed by atoms with Gasteiger partial charge in [0.25, 0.3) is 0 Å². The number of imidazole rings is 1. The zero-order valence-corrected chi connectivity index (χ0v) is 16.8. The Morgan fingerprint density at radius 1 is 1.17 bits per heavy atom. The largest absolute Gasteiger partial charge is 0.444 e. The molecule has 152 valence electrons. The third-order valence-corrected chi connectivity index (χ3v) is 5.30. The number of carbonyl (C=O) groups is 1. The summed E-state index contributed by atoms with van der Waals surface area (Å²) in [7, 11) is 0. The molecule has 1 aliphatic heterocycles. The maximum Gasteiger partial charge on any atom is 0.317 e. The average molecular weight is 394 g/mol. The van der Waals surface area contributed by atoms with Gasteiger partial charge in [-0.05, 0) is 25.5 Å². The SMILES string of the molecule is Cc1nc(CN2CCN(C(=O)NCc3ccccc3-n3ccnc3)CC2)oc1C. The van der Waals surface area contributed by atoms with Gasteiger partial charge in [0.2, 0.25) is 5.89 Å². The minimum atomic E-state index is -0.0344. The smallest absolute Gasteiger partial charge is 0.317 e. The summed E-state index contributed by atoms with van der Waals surface area (Å²) < 4.78 is 7.62. The minimum Gasteiger partial charge on any atom is -0.444 e. The first-order valence-electron chi connectivity index (χ1n) is 9.84. The van der Waals surface area contributed by atoms with Gasteiger partial charge in [0.15, 0.2) is 0 Å². The molecule has 2 aromatic heterocycles. The Balaban J connectivity index is 1.29. The number of amides is 2. The molecule has 0 atom stereocenters. The van der Waals surface area contributed by atoms with Crippen LogP contribution in [0.2, 0.25) is 0 Å². The van der Waals surface area contributed by atoms with Crippen molar-refractivity contribution >= 4 is 6.03 Å². The number of hydrogen-bond donors (Lipinski definition) is 1. The molecule has 4 rings (SSSR count). The number of aromatic nitrogens is 3. The molecule has 0 aliphatic carbocycles. The Hall–Kier alpha value is -3.13. The number of carbonyl (C=O) groups excluding carboxylic acids is 1. The first-order chi connectivity index (χ1) is 14.1. The van der Waals surface area contributed by atoms with Crippen molar-refractivity contribution < 1.29 is 9.21 Å². The zero-order valence-electron chi connectivity index (χ0n) is 16.8. The van der Waals surface area contributed by atoms with Gasteiger partial charge >= 0.3 is 6.03 Å². The van der Waals surface area contributed by atoms with Crippen molar-refractivity contribution in [2.75, 3.05) is 26.2 Å². The lowest BCUT2D eigenvalue weighted by Crippen LogP contribution is -2.51. The van der Waals surface area contributed by atoms with Crippen LogP contribution in [0.4, 0.5) is 4.79 Å².